The number of amides is 2. The van der Waals surface area contributed by atoms with E-state index in [2.05, 4.69) is 34.6 Å². The summed E-state index contributed by atoms with van der Waals surface area (Å²) in [5, 5.41) is 5.22. The molecule has 2 aromatic rings. The number of aliphatic imine (C=N–C) groups is 1. The fraction of sp³-hybridized carbons (Fsp3) is 0.481. The highest BCUT2D eigenvalue weighted by atomic mass is 16.2. The van der Waals surface area contributed by atoms with Crippen molar-refractivity contribution >= 4 is 34.8 Å². The maximum absolute atomic E-state index is 13.4. The van der Waals surface area contributed by atoms with Gasteiger partial charge in [0.15, 0.2) is 5.96 Å². The molecule has 3 atom stereocenters. The molecule has 0 heterocycles. The summed E-state index contributed by atoms with van der Waals surface area (Å²) in [5.41, 5.74) is 11.8. The van der Waals surface area contributed by atoms with Gasteiger partial charge in [-0.3, -0.25) is 14.6 Å². The molecule has 35 heavy (non-hydrogen) atoms. The van der Waals surface area contributed by atoms with Gasteiger partial charge in [0, 0.05) is 32.0 Å². The molecule has 3 rings (SSSR count). The third kappa shape index (κ3) is 7.28. The van der Waals surface area contributed by atoms with Crippen molar-refractivity contribution in [1.82, 2.24) is 10.2 Å². The Bertz CT molecular complexity index is 1040. The molecule has 1 saturated carbocycles. The molecule has 0 bridgehead atoms. The van der Waals surface area contributed by atoms with Gasteiger partial charge in [-0.25, -0.2) is 0 Å². The zero-order chi connectivity index (χ0) is 25.2. The highest BCUT2D eigenvalue weighted by Gasteiger charge is 2.37. The van der Waals surface area contributed by atoms with E-state index in [1.807, 2.05) is 25.2 Å². The summed E-state index contributed by atoms with van der Waals surface area (Å²) in [7, 11) is 1.81. The molecule has 1 aliphatic carbocycles. The van der Waals surface area contributed by atoms with Crippen LogP contribution in [-0.4, -0.2) is 55.1 Å². The minimum absolute atomic E-state index is 0.000461. The quantitative estimate of drug-likeness (QED) is 0.197. The molecule has 0 unspecified atom stereocenters. The van der Waals surface area contributed by atoms with E-state index in [4.69, 9.17) is 11.5 Å². The molecule has 188 valence electrons. The first-order valence-corrected chi connectivity index (χ1v) is 12.4. The average molecular weight is 480 g/mol. The number of fused-ring (bicyclic) bond motifs is 1. The number of nitrogens with one attached hydrogen (secondary N) is 1. The van der Waals surface area contributed by atoms with E-state index in [1.165, 1.54) is 16.3 Å². The highest BCUT2D eigenvalue weighted by Crippen LogP contribution is 2.32. The van der Waals surface area contributed by atoms with Gasteiger partial charge in [0.1, 0.15) is 6.29 Å². The second-order valence-electron chi connectivity index (χ2n) is 9.35. The lowest BCUT2D eigenvalue weighted by atomic mass is 9.77. The number of guanidine groups is 1. The fourth-order valence-electron chi connectivity index (χ4n) is 4.92. The van der Waals surface area contributed by atoms with Crippen LogP contribution in [0.25, 0.3) is 10.8 Å². The molecule has 5 N–H and O–H groups in total. The van der Waals surface area contributed by atoms with E-state index in [9.17, 15) is 14.4 Å². The number of rotatable bonds is 11. The maximum atomic E-state index is 13.4. The number of carbonyl (C=O) groups is 3. The molecule has 2 amide bonds. The van der Waals surface area contributed by atoms with Crippen molar-refractivity contribution in [2.45, 2.75) is 51.0 Å². The van der Waals surface area contributed by atoms with Gasteiger partial charge in [0.2, 0.25) is 11.8 Å². The molecule has 8 nitrogen and oxygen atoms in total. The summed E-state index contributed by atoms with van der Waals surface area (Å²) in [5.74, 6) is -0.999. The molecular formula is C27H37N5O3. The van der Waals surface area contributed by atoms with E-state index in [-0.39, 0.29) is 23.7 Å². The van der Waals surface area contributed by atoms with Gasteiger partial charge in [-0.05, 0) is 48.4 Å². The second-order valence-corrected chi connectivity index (χ2v) is 9.35. The topological polar surface area (TPSA) is 131 Å². The van der Waals surface area contributed by atoms with Crippen molar-refractivity contribution in [3.63, 3.8) is 0 Å². The fourth-order valence-corrected chi connectivity index (χ4v) is 4.92. The Labute approximate surface area is 207 Å². The Kier molecular flexibility index (Phi) is 9.64. The summed E-state index contributed by atoms with van der Waals surface area (Å²) in [6.07, 6.45) is 5.67. The van der Waals surface area contributed by atoms with E-state index < -0.39 is 12.0 Å². The normalized spacial score (nSPS) is 18.4. The SMILES string of the molecule is CN(CCc1cccc2ccccc12)C(=O)[C@H]1CCCC[C@H]1C(=O)N[C@@H](C=O)CCCN=C(N)N. The number of nitrogens with two attached hydrogens (primary N) is 2. The summed E-state index contributed by atoms with van der Waals surface area (Å²) in [4.78, 5) is 43.6. The number of carbonyl (C=O) groups excluding carboxylic acids is 3. The Balaban J connectivity index is 1.59. The van der Waals surface area contributed by atoms with Gasteiger partial charge >= 0.3 is 0 Å². The predicted octanol–water partition coefficient (Wildman–Crippen LogP) is 2.38. The number of nitrogens with zero attached hydrogens (tertiary/aromatic N) is 2. The van der Waals surface area contributed by atoms with Crippen molar-refractivity contribution in [2.75, 3.05) is 20.1 Å². The lowest BCUT2D eigenvalue weighted by molar-refractivity contribution is -0.143. The van der Waals surface area contributed by atoms with Crippen LogP contribution < -0.4 is 16.8 Å². The summed E-state index contributed by atoms with van der Waals surface area (Å²) < 4.78 is 0. The summed E-state index contributed by atoms with van der Waals surface area (Å²) >= 11 is 0. The first-order valence-electron chi connectivity index (χ1n) is 12.4. The molecular weight excluding hydrogens is 442 g/mol. The van der Waals surface area contributed by atoms with Crippen molar-refractivity contribution in [1.29, 1.82) is 0 Å². The maximum Gasteiger partial charge on any atom is 0.226 e. The standard InChI is InChI=1S/C27H37N5O3/c1-32(17-15-20-10-6-9-19-8-2-3-12-22(19)20)26(35)24-14-5-4-13-23(24)25(34)31-21(18-33)11-7-16-30-27(28)29/h2-3,6,8-10,12,18,21,23-24H,4-5,7,11,13-17H2,1H3,(H,31,34)(H4,28,29,30)/t21-,23-,24+/m1/s1. The van der Waals surface area contributed by atoms with Gasteiger partial charge in [-0.15, -0.1) is 0 Å². The monoisotopic (exact) mass is 479 g/mol. The Hall–Kier alpha value is -3.42. The molecule has 0 radical (unpaired) electrons. The van der Waals surface area contributed by atoms with Crippen LogP contribution in [0.3, 0.4) is 0 Å². The second kappa shape index (κ2) is 12.9. The Morgan fingerprint density at radius 3 is 2.57 bits per heavy atom. The number of likely N-dealkylation sites (N-methyl/N-ethyl adjacent to an activating group) is 1. The van der Waals surface area contributed by atoms with Gasteiger partial charge < -0.3 is 26.5 Å². The number of hydrogen-bond acceptors (Lipinski definition) is 4. The number of aldehydes is 1. The first kappa shape index (κ1) is 26.2. The van der Waals surface area contributed by atoms with Gasteiger partial charge in [-0.2, -0.15) is 0 Å². The molecule has 0 aromatic heterocycles. The van der Waals surface area contributed by atoms with E-state index >= 15 is 0 Å². The van der Waals surface area contributed by atoms with Crippen LogP contribution in [0.15, 0.2) is 47.5 Å². The van der Waals surface area contributed by atoms with Crippen molar-refractivity contribution in [3.05, 3.63) is 48.0 Å². The Morgan fingerprint density at radius 2 is 1.83 bits per heavy atom. The Morgan fingerprint density at radius 1 is 1.11 bits per heavy atom. The van der Waals surface area contributed by atoms with Crippen molar-refractivity contribution in [2.24, 2.45) is 28.3 Å². The third-order valence-corrected chi connectivity index (χ3v) is 6.85. The molecule has 0 spiro atoms. The minimum atomic E-state index is -0.613. The van der Waals surface area contributed by atoms with Crippen LogP contribution in [0, 0.1) is 11.8 Å². The van der Waals surface area contributed by atoms with Crippen LogP contribution in [0.1, 0.15) is 44.1 Å². The van der Waals surface area contributed by atoms with Crippen LogP contribution in [-0.2, 0) is 20.8 Å². The molecule has 1 aliphatic rings. The first-order chi connectivity index (χ1) is 16.9. The number of benzene rings is 2. The smallest absolute Gasteiger partial charge is 0.226 e. The predicted molar refractivity (Wildman–Crippen MR) is 139 cm³/mol. The molecule has 1 fully saturated rings. The van der Waals surface area contributed by atoms with Gasteiger partial charge in [0.25, 0.3) is 0 Å². The zero-order valence-electron chi connectivity index (χ0n) is 20.5. The molecule has 0 saturated heterocycles. The third-order valence-electron chi connectivity index (χ3n) is 6.85. The van der Waals surface area contributed by atoms with Crippen LogP contribution in [0.4, 0.5) is 0 Å². The molecule has 8 heteroatoms. The zero-order valence-corrected chi connectivity index (χ0v) is 20.5. The highest BCUT2D eigenvalue weighted by molar-refractivity contribution is 5.89. The molecule has 2 aromatic carbocycles. The van der Waals surface area contributed by atoms with E-state index in [0.717, 1.165) is 25.5 Å². The van der Waals surface area contributed by atoms with Crippen molar-refractivity contribution < 1.29 is 14.4 Å². The molecule has 0 aliphatic heterocycles. The summed E-state index contributed by atoms with van der Waals surface area (Å²) in [6.45, 7) is 0.980. The largest absolute Gasteiger partial charge is 0.370 e. The van der Waals surface area contributed by atoms with E-state index in [1.54, 1.807) is 4.90 Å². The van der Waals surface area contributed by atoms with E-state index in [0.29, 0.717) is 38.8 Å². The number of hydrogen-bond donors (Lipinski definition) is 3. The van der Waals surface area contributed by atoms with Crippen LogP contribution >= 0.6 is 0 Å². The lowest BCUT2D eigenvalue weighted by Crippen LogP contribution is -2.47. The van der Waals surface area contributed by atoms with Crippen LogP contribution in [0.5, 0.6) is 0 Å². The van der Waals surface area contributed by atoms with Crippen LogP contribution in [0.2, 0.25) is 0 Å². The van der Waals surface area contributed by atoms with Crippen molar-refractivity contribution in [3.8, 4) is 0 Å². The van der Waals surface area contributed by atoms with Gasteiger partial charge in [-0.1, -0.05) is 55.3 Å². The lowest BCUT2D eigenvalue weighted by Gasteiger charge is -2.33. The van der Waals surface area contributed by atoms with Gasteiger partial charge in [0.05, 0.1) is 6.04 Å². The minimum Gasteiger partial charge on any atom is -0.370 e. The summed E-state index contributed by atoms with van der Waals surface area (Å²) in [6, 6.07) is 13.9. The average Bonchev–Trinajstić information content (AvgIpc) is 2.88.